The molecule has 0 radical (unpaired) electrons. The Labute approximate surface area is 158 Å². The number of hydrogen-bond donors (Lipinski definition) is 3. The Morgan fingerprint density at radius 3 is 2.44 bits per heavy atom. The number of nitrogens with zero attached hydrogens (tertiary/aromatic N) is 2. The Bertz CT molecular complexity index is 899. The number of urea groups is 1. The molecule has 2 amide bonds. The van der Waals surface area contributed by atoms with Gasteiger partial charge in [0, 0.05) is 18.8 Å². The first kappa shape index (κ1) is 20.3. The lowest BCUT2D eigenvalue weighted by atomic mass is 10.2. The predicted molar refractivity (Wildman–Crippen MR) is 108 cm³/mol. The highest BCUT2D eigenvalue weighted by Gasteiger charge is 2.23. The molecule has 0 aliphatic heterocycles. The van der Waals surface area contributed by atoms with Gasteiger partial charge in [-0.3, -0.25) is 19.2 Å². The molecule has 0 unspecified atom stereocenters. The zero-order valence-corrected chi connectivity index (χ0v) is 16.0. The molecule has 0 atom stereocenters. The molecule has 1 heterocycles. The van der Waals surface area contributed by atoms with E-state index in [2.05, 4.69) is 10.3 Å². The van der Waals surface area contributed by atoms with Gasteiger partial charge in [-0.05, 0) is 31.9 Å². The number of H-pyrrole nitrogens is 1. The van der Waals surface area contributed by atoms with Crippen LogP contribution in [0, 0.1) is 6.92 Å². The first-order valence-corrected chi connectivity index (χ1v) is 9.16. The Morgan fingerprint density at radius 1 is 1.19 bits per heavy atom. The Kier molecular flexibility index (Phi) is 6.81. The van der Waals surface area contributed by atoms with E-state index in [-0.39, 0.29) is 11.5 Å². The summed E-state index contributed by atoms with van der Waals surface area (Å²) in [5.41, 5.74) is 6.57. The zero-order valence-electron chi connectivity index (χ0n) is 16.0. The molecule has 146 valence electrons. The molecule has 27 heavy (non-hydrogen) atoms. The van der Waals surface area contributed by atoms with Crippen LogP contribution in [0.2, 0.25) is 0 Å². The monoisotopic (exact) mass is 373 g/mol. The number of benzene rings is 1. The molecule has 0 fully saturated rings. The van der Waals surface area contributed by atoms with Gasteiger partial charge < -0.3 is 11.1 Å². The van der Waals surface area contributed by atoms with E-state index >= 15 is 0 Å². The third-order valence-corrected chi connectivity index (χ3v) is 4.21. The van der Waals surface area contributed by atoms with Crippen LogP contribution < -0.4 is 27.2 Å². The number of rotatable bonds is 7. The predicted octanol–water partition coefficient (Wildman–Crippen LogP) is 2.68. The molecule has 1 aromatic heterocycles. The summed E-state index contributed by atoms with van der Waals surface area (Å²) >= 11 is 0. The third kappa shape index (κ3) is 4.78. The number of aryl methyl sites for hydroxylation is 1. The number of unbranched alkanes of at least 4 members (excludes halogenated alkanes) is 1. The van der Waals surface area contributed by atoms with Gasteiger partial charge in [0.2, 0.25) is 0 Å². The van der Waals surface area contributed by atoms with Crippen LogP contribution in [-0.2, 0) is 6.54 Å². The number of nitrogens with one attached hydrogen (secondary N) is 2. The molecule has 0 aliphatic rings. The summed E-state index contributed by atoms with van der Waals surface area (Å²) in [5, 5.41) is 2.79. The van der Waals surface area contributed by atoms with Crippen molar-refractivity contribution >= 4 is 23.2 Å². The number of amides is 2. The highest BCUT2D eigenvalue weighted by Crippen LogP contribution is 2.19. The Balaban J connectivity index is 2.45. The lowest BCUT2D eigenvalue weighted by molar-refractivity contribution is 0.256. The van der Waals surface area contributed by atoms with Crippen molar-refractivity contribution in [2.75, 3.05) is 22.5 Å². The summed E-state index contributed by atoms with van der Waals surface area (Å²) in [7, 11) is 0. The minimum absolute atomic E-state index is 0.000703. The van der Waals surface area contributed by atoms with Crippen molar-refractivity contribution in [2.45, 2.75) is 46.6 Å². The Hall–Kier alpha value is -3.03. The first-order valence-electron chi connectivity index (χ1n) is 9.16. The number of anilines is 3. The second kappa shape index (κ2) is 9.07. The van der Waals surface area contributed by atoms with Crippen molar-refractivity contribution in [2.24, 2.45) is 0 Å². The number of nitrogen functional groups attached to an aromatic ring is 1. The summed E-state index contributed by atoms with van der Waals surface area (Å²) < 4.78 is 1.29. The third-order valence-electron chi connectivity index (χ3n) is 4.21. The minimum Gasteiger partial charge on any atom is -0.383 e. The van der Waals surface area contributed by atoms with Gasteiger partial charge in [0.05, 0.1) is 0 Å². The van der Waals surface area contributed by atoms with Crippen LogP contribution in [0.3, 0.4) is 0 Å². The number of carbonyl (C=O) groups is 1. The fourth-order valence-electron chi connectivity index (χ4n) is 2.74. The molecule has 0 saturated carbocycles. The topological polar surface area (TPSA) is 113 Å². The fraction of sp³-hybridized carbons (Fsp3) is 0.421. The summed E-state index contributed by atoms with van der Waals surface area (Å²) in [6.07, 6.45) is 2.19. The number of hydrogen-bond acceptors (Lipinski definition) is 4. The normalized spacial score (nSPS) is 10.6. The van der Waals surface area contributed by atoms with Crippen LogP contribution in [0.1, 0.15) is 38.7 Å². The van der Waals surface area contributed by atoms with Crippen LogP contribution in [0.25, 0.3) is 0 Å². The standard InChI is InChI=1S/C19H27N5O3/c1-4-6-12-23(18(26)21-14-9-7-13(3)8-10-14)15-16(20)24(11-5-2)19(27)22-17(15)25/h7-10H,4-6,11-12,20H2,1-3H3,(H,21,26)(H,22,25,27). The number of carbonyl (C=O) groups excluding carboxylic acids is 1. The number of aromatic nitrogens is 2. The summed E-state index contributed by atoms with van der Waals surface area (Å²) in [6.45, 7) is 6.51. The van der Waals surface area contributed by atoms with Gasteiger partial charge in [-0.15, -0.1) is 0 Å². The first-order chi connectivity index (χ1) is 12.9. The molecule has 2 aromatic rings. The quantitative estimate of drug-likeness (QED) is 0.692. The van der Waals surface area contributed by atoms with E-state index in [0.717, 1.165) is 12.0 Å². The smallest absolute Gasteiger partial charge is 0.330 e. The van der Waals surface area contributed by atoms with Crippen LogP contribution in [-0.4, -0.2) is 22.1 Å². The number of nitrogens with two attached hydrogens (primary N) is 1. The minimum atomic E-state index is -0.667. The average molecular weight is 373 g/mol. The fourth-order valence-corrected chi connectivity index (χ4v) is 2.74. The molecular weight excluding hydrogens is 346 g/mol. The summed E-state index contributed by atoms with van der Waals surface area (Å²) in [5.74, 6) is 0.000703. The maximum Gasteiger partial charge on any atom is 0.330 e. The highest BCUT2D eigenvalue weighted by molar-refractivity contribution is 6.03. The van der Waals surface area contributed by atoms with E-state index in [1.165, 1.54) is 9.47 Å². The van der Waals surface area contributed by atoms with Gasteiger partial charge in [-0.1, -0.05) is 38.0 Å². The maximum absolute atomic E-state index is 12.9. The van der Waals surface area contributed by atoms with Crippen molar-refractivity contribution in [3.63, 3.8) is 0 Å². The second-order valence-electron chi connectivity index (χ2n) is 6.45. The molecule has 0 aliphatic carbocycles. The lowest BCUT2D eigenvalue weighted by Crippen LogP contribution is -2.43. The van der Waals surface area contributed by atoms with Crippen LogP contribution in [0.15, 0.2) is 33.9 Å². The molecule has 8 heteroatoms. The molecule has 1 aromatic carbocycles. The molecular formula is C19H27N5O3. The molecule has 0 spiro atoms. The molecule has 0 saturated heterocycles. The summed E-state index contributed by atoms with van der Waals surface area (Å²) in [4.78, 5) is 41.0. The molecule has 0 bridgehead atoms. The van der Waals surface area contributed by atoms with Crippen LogP contribution in [0.4, 0.5) is 22.0 Å². The van der Waals surface area contributed by atoms with E-state index in [1.807, 2.05) is 32.9 Å². The molecule has 4 N–H and O–H groups in total. The SMILES string of the molecule is CCCCN(C(=O)Nc1ccc(C)cc1)c1c(N)n(CCC)c(=O)[nH]c1=O. The van der Waals surface area contributed by atoms with Crippen LogP contribution >= 0.6 is 0 Å². The van der Waals surface area contributed by atoms with Crippen molar-refractivity contribution in [3.8, 4) is 0 Å². The van der Waals surface area contributed by atoms with Crippen molar-refractivity contribution < 1.29 is 4.79 Å². The molecule has 8 nitrogen and oxygen atoms in total. The number of aromatic amines is 1. The van der Waals surface area contributed by atoms with Gasteiger partial charge in [-0.2, -0.15) is 0 Å². The lowest BCUT2D eigenvalue weighted by Gasteiger charge is -2.24. The second-order valence-corrected chi connectivity index (χ2v) is 6.45. The van der Waals surface area contributed by atoms with Gasteiger partial charge in [0.1, 0.15) is 5.82 Å². The van der Waals surface area contributed by atoms with Crippen molar-refractivity contribution in [3.05, 3.63) is 50.7 Å². The molecule has 2 rings (SSSR count). The van der Waals surface area contributed by atoms with Crippen LogP contribution in [0.5, 0.6) is 0 Å². The van der Waals surface area contributed by atoms with Gasteiger partial charge in [0.25, 0.3) is 5.56 Å². The van der Waals surface area contributed by atoms with Gasteiger partial charge >= 0.3 is 11.7 Å². The largest absolute Gasteiger partial charge is 0.383 e. The Morgan fingerprint density at radius 2 is 1.85 bits per heavy atom. The summed E-state index contributed by atoms with van der Waals surface area (Å²) in [6, 6.07) is 6.88. The van der Waals surface area contributed by atoms with E-state index in [0.29, 0.717) is 31.6 Å². The average Bonchev–Trinajstić information content (AvgIpc) is 2.63. The van der Waals surface area contributed by atoms with Gasteiger partial charge in [-0.25, -0.2) is 9.59 Å². The van der Waals surface area contributed by atoms with E-state index in [1.54, 1.807) is 12.1 Å². The zero-order chi connectivity index (χ0) is 20.0. The van der Waals surface area contributed by atoms with Crippen molar-refractivity contribution in [1.82, 2.24) is 9.55 Å². The van der Waals surface area contributed by atoms with E-state index < -0.39 is 17.3 Å². The van der Waals surface area contributed by atoms with E-state index in [4.69, 9.17) is 5.73 Å². The highest BCUT2D eigenvalue weighted by atomic mass is 16.2. The van der Waals surface area contributed by atoms with E-state index in [9.17, 15) is 14.4 Å². The van der Waals surface area contributed by atoms with Gasteiger partial charge in [0.15, 0.2) is 5.69 Å². The van der Waals surface area contributed by atoms with Crippen molar-refractivity contribution in [1.29, 1.82) is 0 Å². The maximum atomic E-state index is 12.9.